The van der Waals surface area contributed by atoms with Gasteiger partial charge in [-0.2, -0.15) is 0 Å². The van der Waals surface area contributed by atoms with E-state index in [-0.39, 0.29) is 21.2 Å². The van der Waals surface area contributed by atoms with Crippen molar-refractivity contribution in [3.8, 4) is 0 Å². The standard InChI is InChI=1S/C5H7I/c1-5-3-2-4-6-5/h2-4,6H,1H3. The second-order valence-corrected chi connectivity index (χ2v) is 4.51. The molecule has 0 atom stereocenters. The Morgan fingerprint density at radius 1 is 1.67 bits per heavy atom. The SMILES string of the molecule is CC1=CC=C[IH]1. The fourth-order valence-corrected chi connectivity index (χ4v) is 1.87. The second kappa shape index (κ2) is 1.78. The number of hydrogen-bond acceptors (Lipinski definition) is 0. The van der Waals surface area contributed by atoms with Crippen LogP contribution in [0, 0.1) is 0 Å². The van der Waals surface area contributed by atoms with Crippen LogP contribution in [-0.2, 0) is 0 Å². The fourth-order valence-electron chi connectivity index (χ4n) is 0.361. The Hall–Kier alpha value is 0.210. The van der Waals surface area contributed by atoms with E-state index in [1.165, 1.54) is 0 Å². The van der Waals surface area contributed by atoms with Crippen molar-refractivity contribution >= 4 is 21.2 Å². The van der Waals surface area contributed by atoms with Gasteiger partial charge in [0.1, 0.15) is 0 Å². The minimum absolute atomic E-state index is 0.213. The Bertz CT molecular complexity index is 101. The monoisotopic (exact) mass is 194 g/mol. The Balaban J connectivity index is 2.61. The molecule has 0 unspecified atom stereocenters. The molecular formula is C5H7I. The van der Waals surface area contributed by atoms with Gasteiger partial charge in [-0.15, -0.1) is 0 Å². The van der Waals surface area contributed by atoms with Crippen LogP contribution in [-0.4, -0.2) is 0 Å². The Morgan fingerprint density at radius 3 is 2.67 bits per heavy atom. The molecule has 34 valence electrons. The molecule has 0 aromatic heterocycles. The molecule has 1 heterocycles. The second-order valence-electron chi connectivity index (χ2n) is 1.22. The van der Waals surface area contributed by atoms with Gasteiger partial charge in [-0.25, -0.2) is 0 Å². The fraction of sp³-hybridized carbons (Fsp3) is 0.200. The van der Waals surface area contributed by atoms with E-state index in [4.69, 9.17) is 0 Å². The molecule has 1 aliphatic rings. The van der Waals surface area contributed by atoms with Crippen molar-refractivity contribution in [1.29, 1.82) is 0 Å². The van der Waals surface area contributed by atoms with E-state index in [1.807, 2.05) is 0 Å². The molecule has 1 aliphatic heterocycles. The summed E-state index contributed by atoms with van der Waals surface area (Å²) in [5, 5.41) is 0. The third-order valence-corrected chi connectivity index (χ3v) is 2.95. The number of allylic oxidation sites excluding steroid dienone is 3. The number of hydrogen-bond donors (Lipinski definition) is 0. The van der Waals surface area contributed by atoms with Gasteiger partial charge in [-0.05, 0) is 0 Å². The predicted molar refractivity (Wildman–Crippen MR) is 38.3 cm³/mol. The summed E-state index contributed by atoms with van der Waals surface area (Å²) in [7, 11) is 0. The third-order valence-electron chi connectivity index (χ3n) is 0.663. The summed E-state index contributed by atoms with van der Waals surface area (Å²) < 4.78 is 3.89. The van der Waals surface area contributed by atoms with Crippen LogP contribution in [0.5, 0.6) is 0 Å². The molecule has 0 nitrogen and oxygen atoms in total. The van der Waals surface area contributed by atoms with Crippen molar-refractivity contribution in [3.05, 3.63) is 19.8 Å². The molecule has 0 amide bonds. The normalized spacial score (nSPS) is 19.8. The molecule has 6 heavy (non-hydrogen) atoms. The van der Waals surface area contributed by atoms with Crippen LogP contribution in [0.4, 0.5) is 0 Å². The Labute approximate surface area is 48.2 Å². The van der Waals surface area contributed by atoms with Crippen LogP contribution in [0.15, 0.2) is 19.8 Å². The van der Waals surface area contributed by atoms with Crippen molar-refractivity contribution in [2.24, 2.45) is 0 Å². The Kier molecular flexibility index (Phi) is 1.29. The number of rotatable bonds is 0. The van der Waals surface area contributed by atoms with Gasteiger partial charge in [0.25, 0.3) is 0 Å². The molecule has 0 radical (unpaired) electrons. The molecule has 0 fully saturated rings. The predicted octanol–water partition coefficient (Wildman–Crippen LogP) is 2.12. The minimum atomic E-state index is 0.213. The zero-order chi connectivity index (χ0) is 4.41. The molecule has 0 N–H and O–H groups in total. The van der Waals surface area contributed by atoms with Crippen LogP contribution in [0.3, 0.4) is 0 Å². The summed E-state index contributed by atoms with van der Waals surface area (Å²) in [5.41, 5.74) is 0. The molecular weight excluding hydrogens is 187 g/mol. The van der Waals surface area contributed by atoms with Crippen LogP contribution < -0.4 is 0 Å². The summed E-state index contributed by atoms with van der Waals surface area (Å²) in [6, 6.07) is 0. The van der Waals surface area contributed by atoms with Crippen LogP contribution in [0.1, 0.15) is 6.92 Å². The van der Waals surface area contributed by atoms with Gasteiger partial charge >= 0.3 is 47.9 Å². The summed E-state index contributed by atoms with van der Waals surface area (Å²) in [5.74, 6) is 0. The summed E-state index contributed by atoms with van der Waals surface area (Å²) >= 11 is 0.213. The van der Waals surface area contributed by atoms with E-state index in [1.54, 1.807) is 3.58 Å². The first-order chi connectivity index (χ1) is 2.89. The molecule has 0 aliphatic carbocycles. The zero-order valence-electron chi connectivity index (χ0n) is 3.64. The summed E-state index contributed by atoms with van der Waals surface area (Å²) in [4.78, 5) is 0. The molecule has 0 saturated heterocycles. The molecule has 0 spiro atoms. The van der Waals surface area contributed by atoms with Gasteiger partial charge in [0.05, 0.1) is 0 Å². The van der Waals surface area contributed by atoms with E-state index >= 15 is 0 Å². The van der Waals surface area contributed by atoms with Crippen molar-refractivity contribution < 1.29 is 0 Å². The van der Waals surface area contributed by atoms with Crippen molar-refractivity contribution in [1.82, 2.24) is 0 Å². The van der Waals surface area contributed by atoms with Gasteiger partial charge in [0, 0.05) is 0 Å². The molecule has 1 heteroatoms. The first-order valence-corrected chi connectivity index (χ1v) is 4.41. The summed E-state index contributed by atoms with van der Waals surface area (Å²) in [6.45, 7) is 2.20. The molecule has 0 saturated carbocycles. The van der Waals surface area contributed by atoms with Crippen LogP contribution in [0.25, 0.3) is 0 Å². The van der Waals surface area contributed by atoms with E-state index in [2.05, 4.69) is 23.2 Å². The van der Waals surface area contributed by atoms with Gasteiger partial charge < -0.3 is 0 Å². The first kappa shape index (κ1) is 4.37. The van der Waals surface area contributed by atoms with E-state index in [9.17, 15) is 0 Å². The number of halogens is 1. The zero-order valence-corrected chi connectivity index (χ0v) is 5.97. The topological polar surface area (TPSA) is 0 Å². The molecule has 1 rings (SSSR count). The quantitative estimate of drug-likeness (QED) is 0.518. The molecule has 0 bridgehead atoms. The van der Waals surface area contributed by atoms with Crippen LogP contribution in [0.2, 0.25) is 0 Å². The Morgan fingerprint density at radius 2 is 2.50 bits per heavy atom. The van der Waals surface area contributed by atoms with Gasteiger partial charge in [-0.1, -0.05) is 0 Å². The van der Waals surface area contributed by atoms with Gasteiger partial charge in [-0.3, -0.25) is 0 Å². The van der Waals surface area contributed by atoms with Crippen molar-refractivity contribution in [2.45, 2.75) is 6.92 Å². The molecule has 0 aromatic carbocycles. The maximum absolute atomic E-state index is 2.29. The third kappa shape index (κ3) is 0.834. The van der Waals surface area contributed by atoms with Gasteiger partial charge in [0.2, 0.25) is 0 Å². The maximum atomic E-state index is 2.29. The first-order valence-electron chi connectivity index (χ1n) is 1.90. The van der Waals surface area contributed by atoms with Crippen LogP contribution >= 0.6 is 21.2 Å². The average Bonchev–Trinajstić information content (AvgIpc) is 1.86. The van der Waals surface area contributed by atoms with Crippen molar-refractivity contribution in [2.75, 3.05) is 0 Å². The summed E-state index contributed by atoms with van der Waals surface area (Å²) in [6.07, 6.45) is 4.35. The average molecular weight is 194 g/mol. The van der Waals surface area contributed by atoms with Gasteiger partial charge in [0.15, 0.2) is 0 Å². The molecule has 0 aromatic rings. The van der Waals surface area contributed by atoms with E-state index < -0.39 is 0 Å². The van der Waals surface area contributed by atoms with E-state index in [0.29, 0.717) is 0 Å². The van der Waals surface area contributed by atoms with Crippen molar-refractivity contribution in [3.63, 3.8) is 0 Å². The van der Waals surface area contributed by atoms with E-state index in [0.717, 1.165) is 0 Å².